The molecule has 0 fully saturated rings. The number of benzene rings is 9. The first-order valence-electron chi connectivity index (χ1n) is 23.7. The molecular weight excluding hydrogens is 812 g/mol. The van der Waals surface area contributed by atoms with Crippen LogP contribution in [-0.2, 0) is 10.8 Å². The maximum Gasteiger partial charge on any atom is 0.252 e. The molecule has 0 aliphatic carbocycles. The first-order valence-corrected chi connectivity index (χ1v) is 23.7. The molecule has 322 valence electrons. The molecule has 0 saturated carbocycles. The van der Waals surface area contributed by atoms with Gasteiger partial charge in [-0.05, 0) is 123 Å². The smallest absolute Gasteiger partial charge is 0.252 e. The summed E-state index contributed by atoms with van der Waals surface area (Å²) in [5, 5.41) is 5.04. The zero-order valence-corrected chi connectivity index (χ0v) is 38.9. The fourth-order valence-electron chi connectivity index (χ4n) is 11.7. The summed E-state index contributed by atoms with van der Waals surface area (Å²) in [6.07, 6.45) is 0. The van der Waals surface area contributed by atoms with Gasteiger partial charge in [0.25, 0.3) is 6.71 Å². The van der Waals surface area contributed by atoms with E-state index in [9.17, 15) is 0 Å². The summed E-state index contributed by atoms with van der Waals surface area (Å²) in [5.74, 6) is 0. The van der Waals surface area contributed by atoms with Crippen LogP contribution in [0.5, 0.6) is 0 Å². The van der Waals surface area contributed by atoms with Crippen LogP contribution in [0.15, 0.2) is 200 Å². The summed E-state index contributed by atoms with van der Waals surface area (Å²) in [7, 11) is 0. The molecule has 0 N–H and O–H groups in total. The SMILES string of the molecule is CC(C)(C)c1ccccc1N1c2ccc(-n3c4ccccc4c4ccccc43)cc2B2c3cc(-n4c5ccccc5c5ccccc54)ccc3N(c3ccccc3C(C)(C)C)c3cccc1c32. The Labute approximate surface area is 393 Å². The van der Waals surface area contributed by atoms with Crippen LogP contribution in [0.25, 0.3) is 55.0 Å². The predicted octanol–water partition coefficient (Wildman–Crippen LogP) is 14.6. The van der Waals surface area contributed by atoms with Gasteiger partial charge in [-0.25, -0.2) is 0 Å². The third-order valence-corrected chi connectivity index (χ3v) is 14.5. The monoisotopic (exact) mass is 862 g/mol. The highest BCUT2D eigenvalue weighted by Crippen LogP contribution is 2.48. The molecule has 2 aliphatic rings. The van der Waals surface area contributed by atoms with Crippen molar-refractivity contribution in [2.24, 2.45) is 0 Å². The van der Waals surface area contributed by atoms with Gasteiger partial charge in [0.15, 0.2) is 0 Å². The third-order valence-electron chi connectivity index (χ3n) is 14.5. The van der Waals surface area contributed by atoms with Gasteiger partial charge in [-0.3, -0.25) is 0 Å². The minimum absolute atomic E-state index is 0.0895. The first kappa shape index (κ1) is 39.6. The number of aromatic nitrogens is 2. The molecule has 11 aromatic rings. The van der Waals surface area contributed by atoms with Crippen LogP contribution in [0.1, 0.15) is 52.7 Å². The van der Waals surface area contributed by atoms with E-state index in [0.717, 1.165) is 11.4 Å². The molecule has 0 saturated heterocycles. The summed E-state index contributed by atoms with van der Waals surface area (Å²) < 4.78 is 4.95. The fraction of sp³-hybridized carbons (Fsp3) is 0.129. The lowest BCUT2D eigenvalue weighted by molar-refractivity contribution is 0.591. The van der Waals surface area contributed by atoms with Gasteiger partial charge in [0.2, 0.25) is 0 Å². The number of hydrogen-bond donors (Lipinski definition) is 0. The van der Waals surface area contributed by atoms with E-state index in [4.69, 9.17) is 0 Å². The third kappa shape index (κ3) is 5.80. The van der Waals surface area contributed by atoms with Crippen molar-refractivity contribution in [3.63, 3.8) is 0 Å². The van der Waals surface area contributed by atoms with E-state index in [0.29, 0.717) is 0 Å². The summed E-state index contributed by atoms with van der Waals surface area (Å²) in [5.41, 5.74) is 20.7. The molecule has 4 nitrogen and oxygen atoms in total. The molecule has 67 heavy (non-hydrogen) atoms. The number of para-hydroxylation sites is 6. The molecule has 4 heterocycles. The number of fused-ring (bicyclic) bond motifs is 10. The van der Waals surface area contributed by atoms with E-state index in [1.165, 1.54) is 105 Å². The Kier molecular flexibility index (Phi) is 8.49. The normalized spacial score (nSPS) is 13.4. The van der Waals surface area contributed by atoms with Gasteiger partial charge < -0.3 is 18.9 Å². The van der Waals surface area contributed by atoms with Crippen LogP contribution >= 0.6 is 0 Å². The highest BCUT2D eigenvalue weighted by Gasteiger charge is 2.45. The van der Waals surface area contributed by atoms with Gasteiger partial charge in [0.05, 0.1) is 22.1 Å². The molecule has 0 bridgehead atoms. The average Bonchev–Trinajstić information content (AvgIpc) is 3.86. The van der Waals surface area contributed by atoms with Crippen molar-refractivity contribution in [1.29, 1.82) is 0 Å². The van der Waals surface area contributed by atoms with Crippen LogP contribution < -0.4 is 26.2 Å². The average molecular weight is 863 g/mol. The Morgan fingerprint density at radius 1 is 0.313 bits per heavy atom. The number of nitrogens with zero attached hydrogens (tertiary/aromatic N) is 4. The lowest BCUT2D eigenvalue weighted by atomic mass is 9.33. The van der Waals surface area contributed by atoms with Crippen molar-refractivity contribution in [1.82, 2.24) is 9.13 Å². The lowest BCUT2D eigenvalue weighted by Gasteiger charge is -2.45. The minimum atomic E-state index is -0.104. The molecule has 0 atom stereocenters. The largest absolute Gasteiger partial charge is 0.311 e. The molecule has 9 aromatic carbocycles. The van der Waals surface area contributed by atoms with Gasteiger partial charge in [-0.1, -0.05) is 157 Å². The molecule has 0 radical (unpaired) electrons. The van der Waals surface area contributed by atoms with Crippen LogP contribution in [0.4, 0.5) is 34.1 Å². The van der Waals surface area contributed by atoms with Gasteiger partial charge >= 0.3 is 0 Å². The van der Waals surface area contributed by atoms with Gasteiger partial charge in [-0.15, -0.1) is 0 Å². The highest BCUT2D eigenvalue weighted by molar-refractivity contribution is 7.00. The van der Waals surface area contributed by atoms with Crippen molar-refractivity contribution >= 4 is 101 Å². The van der Waals surface area contributed by atoms with Crippen molar-refractivity contribution in [3.05, 3.63) is 211 Å². The Balaban J connectivity index is 1.16. The number of anilines is 6. The van der Waals surface area contributed by atoms with E-state index in [-0.39, 0.29) is 17.5 Å². The van der Waals surface area contributed by atoms with E-state index >= 15 is 0 Å². The van der Waals surface area contributed by atoms with Crippen LogP contribution in [0, 0.1) is 0 Å². The van der Waals surface area contributed by atoms with Gasteiger partial charge in [0, 0.05) is 67.0 Å². The Morgan fingerprint density at radius 3 is 1.01 bits per heavy atom. The first-order chi connectivity index (χ1) is 32.6. The van der Waals surface area contributed by atoms with Gasteiger partial charge in [0.1, 0.15) is 0 Å². The van der Waals surface area contributed by atoms with Crippen molar-refractivity contribution in [3.8, 4) is 11.4 Å². The van der Waals surface area contributed by atoms with Gasteiger partial charge in [-0.2, -0.15) is 0 Å². The Hall–Kier alpha value is -7.76. The van der Waals surface area contributed by atoms with E-state index in [1.807, 2.05) is 0 Å². The van der Waals surface area contributed by atoms with E-state index in [2.05, 4.69) is 261 Å². The zero-order chi connectivity index (χ0) is 45.3. The number of rotatable bonds is 4. The minimum Gasteiger partial charge on any atom is -0.311 e. The maximum atomic E-state index is 2.58. The summed E-state index contributed by atoms with van der Waals surface area (Å²) in [6, 6.07) is 75.1. The topological polar surface area (TPSA) is 16.3 Å². The van der Waals surface area contributed by atoms with Crippen molar-refractivity contribution in [2.75, 3.05) is 9.80 Å². The second-order valence-corrected chi connectivity index (χ2v) is 20.6. The quantitative estimate of drug-likeness (QED) is 0.164. The fourth-order valence-corrected chi connectivity index (χ4v) is 11.7. The summed E-state index contributed by atoms with van der Waals surface area (Å²) in [4.78, 5) is 5.16. The van der Waals surface area contributed by atoms with Crippen LogP contribution in [-0.4, -0.2) is 15.8 Å². The Bertz CT molecular complexity index is 3470. The molecule has 0 amide bonds. The molecule has 5 heteroatoms. The molecule has 0 unspecified atom stereocenters. The second-order valence-electron chi connectivity index (χ2n) is 20.6. The summed E-state index contributed by atoms with van der Waals surface area (Å²) >= 11 is 0. The molecule has 2 aromatic heterocycles. The standard InChI is InChI=1S/C62H51BN4/c1-61(2,3)46-24-11-17-30-54(46)66-56-36-34-40(64-50-26-13-7-20-42(50)43-21-8-14-27-51(43)64)38-48(56)63-49-39-41(65-52-28-15-9-22-44(52)45-23-10-16-29-53(45)65)35-37-57(49)67(59-33-19-32-58(66)60(59)63)55-31-18-12-25-47(55)62(4,5)6/h7-39H,1-6H3. The molecule has 0 spiro atoms. The van der Waals surface area contributed by atoms with Crippen molar-refractivity contribution < 1.29 is 0 Å². The number of hydrogen-bond acceptors (Lipinski definition) is 2. The molecule has 13 rings (SSSR count). The maximum absolute atomic E-state index is 2.58. The van der Waals surface area contributed by atoms with E-state index < -0.39 is 0 Å². The summed E-state index contributed by atoms with van der Waals surface area (Å²) in [6.45, 7) is 13.9. The zero-order valence-electron chi connectivity index (χ0n) is 38.9. The van der Waals surface area contributed by atoms with Crippen LogP contribution in [0.2, 0.25) is 0 Å². The van der Waals surface area contributed by atoms with Crippen molar-refractivity contribution in [2.45, 2.75) is 52.4 Å². The van der Waals surface area contributed by atoms with E-state index in [1.54, 1.807) is 0 Å². The highest BCUT2D eigenvalue weighted by atomic mass is 15.2. The predicted molar refractivity (Wildman–Crippen MR) is 287 cm³/mol. The molecular formula is C62H51BN4. The second kappa shape index (κ2) is 14.4. The Morgan fingerprint density at radius 2 is 0.642 bits per heavy atom. The van der Waals surface area contributed by atoms with Crippen LogP contribution in [0.3, 0.4) is 0 Å². The lowest BCUT2D eigenvalue weighted by Crippen LogP contribution is -2.61. The molecule has 2 aliphatic heterocycles.